The fourth-order valence-corrected chi connectivity index (χ4v) is 5.77. The Hall–Kier alpha value is -3.89. The van der Waals surface area contributed by atoms with Crippen molar-refractivity contribution < 1.29 is 4.79 Å². The van der Waals surface area contributed by atoms with Crippen molar-refractivity contribution in [1.82, 2.24) is 14.8 Å². The van der Waals surface area contributed by atoms with Crippen molar-refractivity contribution in [2.45, 2.75) is 26.7 Å². The summed E-state index contributed by atoms with van der Waals surface area (Å²) in [5.74, 6) is 0.144. The third-order valence-corrected chi connectivity index (χ3v) is 8.22. The fraction of sp³-hybridized carbons (Fsp3) is 0.265. The van der Waals surface area contributed by atoms with Gasteiger partial charge in [0.1, 0.15) is 0 Å². The molecule has 0 spiro atoms. The van der Waals surface area contributed by atoms with E-state index in [9.17, 15) is 4.79 Å². The minimum absolute atomic E-state index is 0.144. The van der Waals surface area contributed by atoms with Crippen molar-refractivity contribution in [2.24, 2.45) is 0 Å². The highest BCUT2D eigenvalue weighted by molar-refractivity contribution is 5.94. The molecule has 1 fully saturated rings. The molecule has 0 bridgehead atoms. The number of rotatable bonds is 6. The Morgan fingerprint density at radius 3 is 2.34 bits per heavy atom. The first-order chi connectivity index (χ1) is 18.5. The zero-order valence-electron chi connectivity index (χ0n) is 22.3. The summed E-state index contributed by atoms with van der Waals surface area (Å²) >= 11 is 0. The summed E-state index contributed by atoms with van der Waals surface area (Å²) in [4.78, 5) is 21.1. The highest BCUT2D eigenvalue weighted by atomic mass is 16.2. The molecular weight excluding hydrogens is 466 g/mol. The Morgan fingerprint density at radius 1 is 0.789 bits per heavy atom. The molecule has 1 saturated heterocycles. The van der Waals surface area contributed by atoms with Crippen LogP contribution in [0.25, 0.3) is 21.7 Å². The maximum atomic E-state index is 13.2. The number of aromatic nitrogens is 1. The van der Waals surface area contributed by atoms with Crippen LogP contribution in [0.3, 0.4) is 0 Å². The maximum Gasteiger partial charge on any atom is 0.253 e. The SMILES string of the molecule is Cc1[nH]c2ccc(Cc3ccc(C(=O)N4CCN(CCc5cccc6ccccc56)CC4)cc3)cc2c1C. The number of hydrogen-bond acceptors (Lipinski definition) is 2. The summed E-state index contributed by atoms with van der Waals surface area (Å²) < 4.78 is 0. The number of aromatic amines is 1. The minimum atomic E-state index is 0.144. The topological polar surface area (TPSA) is 39.3 Å². The predicted octanol–water partition coefficient (Wildman–Crippen LogP) is 6.53. The number of aryl methyl sites for hydroxylation is 2. The Balaban J connectivity index is 1.03. The molecule has 2 heterocycles. The normalized spacial score (nSPS) is 14.4. The number of amides is 1. The summed E-state index contributed by atoms with van der Waals surface area (Å²) in [5, 5.41) is 3.95. The largest absolute Gasteiger partial charge is 0.358 e. The molecule has 0 radical (unpaired) electrons. The lowest BCUT2D eigenvalue weighted by Gasteiger charge is -2.35. The second-order valence-corrected chi connectivity index (χ2v) is 10.7. The predicted molar refractivity (Wildman–Crippen MR) is 157 cm³/mol. The highest BCUT2D eigenvalue weighted by Crippen LogP contribution is 2.24. The molecule has 0 unspecified atom stereocenters. The van der Waals surface area contributed by atoms with Crippen LogP contribution in [0.5, 0.6) is 0 Å². The number of nitrogens with one attached hydrogen (secondary N) is 1. The van der Waals surface area contributed by atoms with Crippen LogP contribution in [0.1, 0.15) is 38.3 Å². The van der Waals surface area contributed by atoms with E-state index in [0.29, 0.717) is 0 Å². The first-order valence-corrected chi connectivity index (χ1v) is 13.7. The van der Waals surface area contributed by atoms with Gasteiger partial charge in [-0.3, -0.25) is 9.69 Å². The van der Waals surface area contributed by atoms with E-state index >= 15 is 0 Å². The van der Waals surface area contributed by atoms with Gasteiger partial charge in [0, 0.05) is 54.9 Å². The smallest absolute Gasteiger partial charge is 0.253 e. The molecule has 0 saturated carbocycles. The van der Waals surface area contributed by atoms with Gasteiger partial charge in [-0.2, -0.15) is 0 Å². The van der Waals surface area contributed by atoms with Gasteiger partial charge in [0.15, 0.2) is 0 Å². The zero-order valence-corrected chi connectivity index (χ0v) is 22.3. The lowest BCUT2D eigenvalue weighted by atomic mass is 10.0. The molecule has 4 heteroatoms. The van der Waals surface area contributed by atoms with Crippen molar-refractivity contribution in [3.05, 3.63) is 118 Å². The molecule has 1 aromatic heterocycles. The van der Waals surface area contributed by atoms with Gasteiger partial charge in [-0.05, 0) is 84.0 Å². The second kappa shape index (κ2) is 10.5. The summed E-state index contributed by atoms with van der Waals surface area (Å²) in [6.07, 6.45) is 1.90. The van der Waals surface area contributed by atoms with Crippen LogP contribution < -0.4 is 0 Å². The molecule has 0 atom stereocenters. The van der Waals surface area contributed by atoms with E-state index in [-0.39, 0.29) is 5.91 Å². The zero-order chi connectivity index (χ0) is 26.1. The van der Waals surface area contributed by atoms with Gasteiger partial charge in [0.05, 0.1) is 0 Å². The maximum absolute atomic E-state index is 13.2. The summed E-state index contributed by atoms with van der Waals surface area (Å²) in [5.41, 5.74) is 8.44. The molecule has 4 aromatic carbocycles. The number of benzene rings is 4. The monoisotopic (exact) mass is 501 g/mol. The Bertz CT molecular complexity index is 1580. The molecule has 0 aliphatic carbocycles. The van der Waals surface area contributed by atoms with E-state index in [1.165, 1.54) is 49.6 Å². The molecule has 1 aliphatic heterocycles. The van der Waals surface area contributed by atoms with Crippen LogP contribution in [0.2, 0.25) is 0 Å². The molecule has 192 valence electrons. The lowest BCUT2D eigenvalue weighted by Crippen LogP contribution is -2.49. The first-order valence-electron chi connectivity index (χ1n) is 13.7. The van der Waals surface area contributed by atoms with Crippen LogP contribution in [0.15, 0.2) is 84.9 Å². The average molecular weight is 502 g/mol. The number of H-pyrrole nitrogens is 1. The van der Waals surface area contributed by atoms with Gasteiger partial charge >= 0.3 is 0 Å². The third-order valence-electron chi connectivity index (χ3n) is 8.22. The summed E-state index contributed by atoms with van der Waals surface area (Å²) in [6, 6.07) is 30.0. The average Bonchev–Trinajstić information content (AvgIpc) is 3.24. The van der Waals surface area contributed by atoms with Gasteiger partial charge in [-0.25, -0.2) is 0 Å². The quantitative estimate of drug-likeness (QED) is 0.287. The lowest BCUT2D eigenvalue weighted by molar-refractivity contribution is 0.0638. The van der Waals surface area contributed by atoms with Crippen LogP contribution in [-0.2, 0) is 12.8 Å². The highest BCUT2D eigenvalue weighted by Gasteiger charge is 2.22. The number of hydrogen-bond donors (Lipinski definition) is 1. The third kappa shape index (κ3) is 4.97. The van der Waals surface area contributed by atoms with E-state index in [2.05, 4.69) is 96.5 Å². The Labute approximate surface area is 224 Å². The minimum Gasteiger partial charge on any atom is -0.358 e. The molecule has 1 aliphatic rings. The van der Waals surface area contributed by atoms with Crippen molar-refractivity contribution in [1.29, 1.82) is 0 Å². The molecule has 4 nitrogen and oxygen atoms in total. The molecular formula is C34H35N3O. The van der Waals surface area contributed by atoms with Gasteiger partial charge in [-0.15, -0.1) is 0 Å². The van der Waals surface area contributed by atoms with Crippen LogP contribution in [0.4, 0.5) is 0 Å². The van der Waals surface area contributed by atoms with Crippen LogP contribution in [0, 0.1) is 13.8 Å². The number of piperazine rings is 1. The molecule has 38 heavy (non-hydrogen) atoms. The van der Waals surface area contributed by atoms with Crippen LogP contribution in [-0.4, -0.2) is 53.4 Å². The van der Waals surface area contributed by atoms with Gasteiger partial charge < -0.3 is 9.88 Å². The number of fused-ring (bicyclic) bond motifs is 2. The van der Waals surface area contributed by atoms with Gasteiger partial charge in [0.2, 0.25) is 0 Å². The van der Waals surface area contributed by atoms with E-state index in [0.717, 1.165) is 51.1 Å². The van der Waals surface area contributed by atoms with E-state index in [1.807, 2.05) is 17.0 Å². The van der Waals surface area contributed by atoms with E-state index in [1.54, 1.807) is 0 Å². The summed E-state index contributed by atoms with van der Waals surface area (Å²) in [7, 11) is 0. The van der Waals surface area contributed by atoms with Crippen molar-refractivity contribution in [3.8, 4) is 0 Å². The fourth-order valence-electron chi connectivity index (χ4n) is 5.77. The Kier molecular flexibility index (Phi) is 6.73. The number of carbonyl (C=O) groups excluding carboxylic acids is 1. The molecule has 1 amide bonds. The standard InChI is InChI=1S/C34H35N3O/c1-24-25(2)35-33-15-12-27(23-32(24)33)22-26-10-13-30(14-11-26)34(38)37-20-18-36(19-21-37)17-16-29-8-5-7-28-6-3-4-9-31(28)29/h3-15,23,35H,16-22H2,1-2H3. The first kappa shape index (κ1) is 24.4. The second-order valence-electron chi connectivity index (χ2n) is 10.7. The van der Waals surface area contributed by atoms with Crippen molar-refractivity contribution >= 4 is 27.6 Å². The van der Waals surface area contributed by atoms with Gasteiger partial charge in [-0.1, -0.05) is 60.7 Å². The van der Waals surface area contributed by atoms with Crippen LogP contribution >= 0.6 is 0 Å². The number of nitrogens with zero attached hydrogens (tertiary/aromatic N) is 2. The molecule has 6 rings (SSSR count). The number of carbonyl (C=O) groups is 1. The molecule has 5 aromatic rings. The van der Waals surface area contributed by atoms with E-state index in [4.69, 9.17) is 0 Å². The van der Waals surface area contributed by atoms with Gasteiger partial charge in [0.25, 0.3) is 5.91 Å². The summed E-state index contributed by atoms with van der Waals surface area (Å²) in [6.45, 7) is 8.74. The van der Waals surface area contributed by atoms with Crippen molar-refractivity contribution in [3.63, 3.8) is 0 Å². The Morgan fingerprint density at radius 2 is 1.53 bits per heavy atom. The van der Waals surface area contributed by atoms with E-state index < -0.39 is 0 Å². The molecule has 1 N–H and O–H groups in total. The van der Waals surface area contributed by atoms with Crippen molar-refractivity contribution in [2.75, 3.05) is 32.7 Å².